The quantitative estimate of drug-likeness (QED) is 0.882. The number of thioether (sulfide) groups is 1. The summed E-state index contributed by atoms with van der Waals surface area (Å²) in [6.45, 7) is 2.10. The SMILES string of the molecule is CSCCC(O)c1ccc2cc(C)ccc2c1. The average Bonchev–Trinajstić information content (AvgIpc) is 2.35. The van der Waals surface area contributed by atoms with Crippen LogP contribution in [0.25, 0.3) is 10.8 Å². The van der Waals surface area contributed by atoms with Crippen LogP contribution in [0.5, 0.6) is 0 Å². The fraction of sp³-hybridized carbons (Fsp3) is 0.333. The van der Waals surface area contributed by atoms with E-state index in [9.17, 15) is 5.11 Å². The second kappa shape index (κ2) is 5.56. The second-order valence-electron chi connectivity index (χ2n) is 4.41. The van der Waals surface area contributed by atoms with Crippen LogP contribution in [0.2, 0.25) is 0 Å². The number of aliphatic hydroxyl groups is 1. The summed E-state index contributed by atoms with van der Waals surface area (Å²) in [6, 6.07) is 12.6. The van der Waals surface area contributed by atoms with E-state index in [-0.39, 0.29) is 6.10 Å². The number of hydrogen-bond acceptors (Lipinski definition) is 2. The van der Waals surface area contributed by atoms with Crippen LogP contribution in [0.3, 0.4) is 0 Å². The molecule has 0 radical (unpaired) electrons. The second-order valence-corrected chi connectivity index (χ2v) is 5.39. The number of benzene rings is 2. The van der Waals surface area contributed by atoms with E-state index in [4.69, 9.17) is 0 Å². The molecule has 2 heteroatoms. The predicted molar refractivity (Wildman–Crippen MR) is 76.6 cm³/mol. The minimum absolute atomic E-state index is 0.340. The Morgan fingerprint density at radius 2 is 1.82 bits per heavy atom. The van der Waals surface area contributed by atoms with Crippen LogP contribution in [-0.2, 0) is 0 Å². The molecule has 2 aromatic rings. The van der Waals surface area contributed by atoms with Crippen LogP contribution in [-0.4, -0.2) is 17.1 Å². The molecule has 1 atom stereocenters. The average molecular weight is 246 g/mol. The van der Waals surface area contributed by atoms with Crippen molar-refractivity contribution in [3.05, 3.63) is 47.5 Å². The Labute approximate surface area is 107 Å². The van der Waals surface area contributed by atoms with Gasteiger partial charge in [0.2, 0.25) is 0 Å². The van der Waals surface area contributed by atoms with Crippen LogP contribution in [0.15, 0.2) is 36.4 Å². The van der Waals surface area contributed by atoms with Crippen molar-refractivity contribution in [3.63, 3.8) is 0 Å². The molecule has 2 rings (SSSR count). The standard InChI is InChI=1S/C15H18OS/c1-11-3-4-13-10-14(6-5-12(13)9-11)15(16)7-8-17-2/h3-6,9-10,15-16H,7-8H2,1-2H3. The summed E-state index contributed by atoms with van der Waals surface area (Å²) in [5.74, 6) is 0.993. The molecule has 1 nitrogen and oxygen atoms in total. The Balaban J connectivity index is 2.28. The van der Waals surface area contributed by atoms with Crippen molar-refractivity contribution in [2.24, 2.45) is 0 Å². The molecule has 0 saturated heterocycles. The van der Waals surface area contributed by atoms with Gasteiger partial charge in [0, 0.05) is 0 Å². The molecule has 1 N–H and O–H groups in total. The van der Waals surface area contributed by atoms with Crippen LogP contribution >= 0.6 is 11.8 Å². The highest BCUT2D eigenvalue weighted by atomic mass is 32.2. The first-order chi connectivity index (χ1) is 8.20. The molecule has 0 heterocycles. The van der Waals surface area contributed by atoms with E-state index in [0.717, 1.165) is 17.7 Å². The van der Waals surface area contributed by atoms with E-state index in [0.29, 0.717) is 0 Å². The van der Waals surface area contributed by atoms with Gasteiger partial charge in [0.15, 0.2) is 0 Å². The number of aryl methyl sites for hydroxylation is 1. The smallest absolute Gasteiger partial charge is 0.0798 e. The van der Waals surface area contributed by atoms with Crippen molar-refractivity contribution >= 4 is 22.5 Å². The van der Waals surface area contributed by atoms with Gasteiger partial charge in [0.1, 0.15) is 0 Å². The Bertz CT molecular complexity index is 507. The molecule has 0 spiro atoms. The summed E-state index contributed by atoms with van der Waals surface area (Å²) in [7, 11) is 0. The minimum atomic E-state index is -0.340. The lowest BCUT2D eigenvalue weighted by Crippen LogP contribution is -1.98. The number of fused-ring (bicyclic) bond motifs is 1. The first-order valence-corrected chi connectivity index (χ1v) is 7.27. The van der Waals surface area contributed by atoms with Crippen LogP contribution in [0, 0.1) is 6.92 Å². The Kier molecular flexibility index (Phi) is 4.08. The van der Waals surface area contributed by atoms with Crippen LogP contribution in [0.1, 0.15) is 23.7 Å². The Hall–Kier alpha value is -0.990. The van der Waals surface area contributed by atoms with Gasteiger partial charge in [0.05, 0.1) is 6.10 Å². The molecule has 1 unspecified atom stereocenters. The lowest BCUT2D eigenvalue weighted by Gasteiger charge is -2.11. The maximum absolute atomic E-state index is 10.1. The van der Waals surface area contributed by atoms with Crippen molar-refractivity contribution in [2.75, 3.05) is 12.0 Å². The fourth-order valence-corrected chi connectivity index (χ4v) is 2.45. The zero-order valence-electron chi connectivity index (χ0n) is 10.3. The first-order valence-electron chi connectivity index (χ1n) is 5.88. The zero-order chi connectivity index (χ0) is 12.3. The van der Waals surface area contributed by atoms with Crippen molar-refractivity contribution in [1.29, 1.82) is 0 Å². The van der Waals surface area contributed by atoms with E-state index in [1.807, 2.05) is 6.07 Å². The molecule has 17 heavy (non-hydrogen) atoms. The topological polar surface area (TPSA) is 20.2 Å². The van der Waals surface area contributed by atoms with Crippen molar-refractivity contribution in [2.45, 2.75) is 19.4 Å². The molecule has 0 aliphatic heterocycles. The lowest BCUT2D eigenvalue weighted by molar-refractivity contribution is 0.175. The monoisotopic (exact) mass is 246 g/mol. The largest absolute Gasteiger partial charge is 0.388 e. The number of rotatable bonds is 4. The molecular weight excluding hydrogens is 228 g/mol. The summed E-state index contributed by atoms with van der Waals surface area (Å²) in [4.78, 5) is 0. The molecule has 0 aromatic heterocycles. The maximum Gasteiger partial charge on any atom is 0.0798 e. The third-order valence-corrected chi connectivity index (χ3v) is 3.64. The van der Waals surface area contributed by atoms with Gasteiger partial charge >= 0.3 is 0 Å². The van der Waals surface area contributed by atoms with E-state index in [1.54, 1.807) is 11.8 Å². The molecule has 0 fully saturated rings. The molecule has 0 aliphatic carbocycles. The maximum atomic E-state index is 10.1. The molecule has 0 saturated carbocycles. The first kappa shape index (κ1) is 12.5. The van der Waals surface area contributed by atoms with Crippen molar-refractivity contribution in [1.82, 2.24) is 0 Å². The third-order valence-electron chi connectivity index (χ3n) is 3.00. The van der Waals surface area contributed by atoms with Gasteiger partial charge in [-0.2, -0.15) is 11.8 Å². The van der Waals surface area contributed by atoms with Gasteiger partial charge < -0.3 is 5.11 Å². The summed E-state index contributed by atoms with van der Waals surface area (Å²) >= 11 is 1.77. The molecule has 0 aliphatic rings. The van der Waals surface area contributed by atoms with Crippen LogP contribution < -0.4 is 0 Å². The van der Waals surface area contributed by atoms with Gasteiger partial charge in [-0.1, -0.05) is 35.9 Å². The van der Waals surface area contributed by atoms with Gasteiger partial charge in [0.25, 0.3) is 0 Å². The van der Waals surface area contributed by atoms with Gasteiger partial charge in [-0.15, -0.1) is 0 Å². The summed E-state index contributed by atoms with van der Waals surface area (Å²) < 4.78 is 0. The van der Waals surface area contributed by atoms with Gasteiger partial charge in [-0.3, -0.25) is 0 Å². The summed E-state index contributed by atoms with van der Waals surface area (Å²) in [5.41, 5.74) is 2.29. The Morgan fingerprint density at radius 1 is 1.12 bits per heavy atom. The molecule has 0 bridgehead atoms. The molecule has 2 aromatic carbocycles. The third kappa shape index (κ3) is 3.02. The Morgan fingerprint density at radius 3 is 2.59 bits per heavy atom. The molecule has 90 valence electrons. The number of hydrogen-bond donors (Lipinski definition) is 1. The highest BCUT2D eigenvalue weighted by Gasteiger charge is 2.07. The van der Waals surface area contributed by atoms with E-state index in [2.05, 4.69) is 43.5 Å². The van der Waals surface area contributed by atoms with E-state index >= 15 is 0 Å². The highest BCUT2D eigenvalue weighted by Crippen LogP contribution is 2.24. The highest BCUT2D eigenvalue weighted by molar-refractivity contribution is 7.98. The minimum Gasteiger partial charge on any atom is -0.388 e. The van der Waals surface area contributed by atoms with Gasteiger partial charge in [-0.05, 0) is 47.8 Å². The fourth-order valence-electron chi connectivity index (χ4n) is 1.99. The molecular formula is C15H18OS. The van der Waals surface area contributed by atoms with Crippen molar-refractivity contribution < 1.29 is 5.11 Å². The summed E-state index contributed by atoms with van der Waals surface area (Å²) in [5, 5.41) is 12.5. The van der Waals surface area contributed by atoms with Gasteiger partial charge in [-0.25, -0.2) is 0 Å². The predicted octanol–water partition coefficient (Wildman–Crippen LogP) is 3.93. The van der Waals surface area contributed by atoms with E-state index in [1.165, 1.54) is 16.3 Å². The normalized spacial score (nSPS) is 12.9. The van der Waals surface area contributed by atoms with E-state index < -0.39 is 0 Å². The van der Waals surface area contributed by atoms with Crippen LogP contribution in [0.4, 0.5) is 0 Å². The summed E-state index contributed by atoms with van der Waals surface area (Å²) in [6.07, 6.45) is 2.54. The lowest BCUT2D eigenvalue weighted by atomic mass is 10.0. The number of aliphatic hydroxyl groups excluding tert-OH is 1. The zero-order valence-corrected chi connectivity index (χ0v) is 11.1. The molecule has 0 amide bonds. The van der Waals surface area contributed by atoms with Crippen molar-refractivity contribution in [3.8, 4) is 0 Å².